The minimum Gasteiger partial charge on any atom is -0.344 e. The van der Waals surface area contributed by atoms with Crippen LogP contribution in [0, 0.1) is 0 Å². The first-order valence-electron chi connectivity index (χ1n) is 18.2. The molecule has 0 fully saturated rings. The maximum atomic E-state index is 11.4. The monoisotopic (exact) mass is 799 g/mol. The van der Waals surface area contributed by atoms with E-state index in [1.54, 1.807) is 0 Å². The maximum Gasteiger partial charge on any atom is 1.00 e. The van der Waals surface area contributed by atoms with Crippen molar-refractivity contribution in [1.82, 2.24) is 0 Å². The van der Waals surface area contributed by atoms with Gasteiger partial charge in [-0.15, -0.1) is 0 Å². The molecule has 2 aliphatic heterocycles. The molecule has 0 atom stereocenters. The van der Waals surface area contributed by atoms with Crippen molar-refractivity contribution >= 4 is 58.9 Å². The fourth-order valence-corrected chi connectivity index (χ4v) is 9.28. The summed E-state index contributed by atoms with van der Waals surface area (Å²) in [6, 6.07) is 25.3. The average molecular weight is 800 g/mol. The molecule has 4 aromatic rings. The summed E-state index contributed by atoms with van der Waals surface area (Å²) in [4.78, 5) is 2.28. The van der Waals surface area contributed by atoms with E-state index in [0.29, 0.717) is 38.8 Å². The molecule has 55 heavy (non-hydrogen) atoms. The molecule has 0 saturated heterocycles. The Morgan fingerprint density at radius 3 is 1.82 bits per heavy atom. The van der Waals surface area contributed by atoms with Crippen LogP contribution in [0.25, 0.3) is 21.5 Å². The summed E-state index contributed by atoms with van der Waals surface area (Å²) in [5.41, 5.74) is 6.36. The Bertz CT molecular complexity index is 2430. The maximum absolute atomic E-state index is 11.4. The van der Waals surface area contributed by atoms with Crippen LogP contribution in [0.2, 0.25) is 0 Å². The molecule has 0 spiro atoms. The van der Waals surface area contributed by atoms with Gasteiger partial charge in [-0.25, -0.2) is 0 Å². The van der Waals surface area contributed by atoms with Gasteiger partial charge in [0.2, 0.25) is 5.69 Å². The number of unbranched alkanes of at least 4 members (excludes halogenated alkanes) is 2. The Morgan fingerprint density at radius 1 is 0.636 bits per heavy atom. The summed E-state index contributed by atoms with van der Waals surface area (Å²) >= 11 is 0. The van der Waals surface area contributed by atoms with E-state index in [0.717, 1.165) is 22.8 Å². The number of anilines is 1. The second-order valence-corrected chi connectivity index (χ2v) is 18.1. The van der Waals surface area contributed by atoms with Crippen LogP contribution < -0.4 is 64.0 Å². The van der Waals surface area contributed by atoms with Gasteiger partial charge in [0.15, 0.2) is 5.71 Å². The summed E-state index contributed by atoms with van der Waals surface area (Å²) in [7, 11) is -8.02. The number of fused-ring (bicyclic) bond motifs is 6. The molecule has 0 radical (unpaired) electrons. The number of rotatable bonds is 14. The SMILES string of the molecule is CC1(C)C(/C=C/C=C/C=C/C=C2\N(CCCCS(=O)(=O)O)c3ccc4ccccc4c3C2(C)C)=[N+](CCCCS(=O)(=O)O)c2ccc3ccccc3c21.[Na+].[Na+]. The quantitative estimate of drug-likeness (QED) is 0.0664. The first-order chi connectivity index (χ1) is 25.1. The Morgan fingerprint density at radius 2 is 1.18 bits per heavy atom. The molecule has 2 aliphatic rings. The number of hydrogen-bond donors (Lipinski definition) is 2. The minimum atomic E-state index is -4.01. The van der Waals surface area contributed by atoms with Gasteiger partial charge >= 0.3 is 59.1 Å². The number of nitrogens with zero attached hydrogens (tertiary/aromatic N) is 2. The summed E-state index contributed by atoms with van der Waals surface area (Å²) in [6.45, 7) is 10.2. The van der Waals surface area contributed by atoms with Gasteiger partial charge in [0.05, 0.1) is 16.9 Å². The fraction of sp³-hybridized carbons (Fsp3) is 0.326. The van der Waals surface area contributed by atoms with Crippen LogP contribution in [0.5, 0.6) is 0 Å². The van der Waals surface area contributed by atoms with Crippen LogP contribution in [-0.2, 0) is 31.1 Å². The fourth-order valence-electron chi connectivity index (χ4n) is 8.15. The zero-order chi connectivity index (χ0) is 38.0. The van der Waals surface area contributed by atoms with E-state index in [9.17, 15) is 25.9 Å². The molecule has 4 aromatic carbocycles. The van der Waals surface area contributed by atoms with Crippen molar-refractivity contribution in [1.29, 1.82) is 0 Å². The smallest absolute Gasteiger partial charge is 0.344 e. The van der Waals surface area contributed by atoms with Gasteiger partial charge in [-0.2, -0.15) is 21.4 Å². The Kier molecular flexibility index (Phi) is 15.2. The van der Waals surface area contributed by atoms with Gasteiger partial charge in [0, 0.05) is 47.5 Å². The van der Waals surface area contributed by atoms with Gasteiger partial charge in [0.25, 0.3) is 20.2 Å². The summed E-state index contributed by atoms with van der Waals surface area (Å²) in [6.07, 6.45) is 16.3. The summed E-state index contributed by atoms with van der Waals surface area (Å²) in [5.74, 6) is -0.506. The molecular weight excluding hydrogens is 751 g/mol. The zero-order valence-corrected chi connectivity index (χ0v) is 38.5. The molecule has 6 rings (SSSR count). The predicted octanol–water partition coefficient (Wildman–Crippen LogP) is 3.06. The van der Waals surface area contributed by atoms with E-state index >= 15 is 0 Å². The van der Waals surface area contributed by atoms with Crippen molar-refractivity contribution in [2.75, 3.05) is 29.5 Å². The van der Waals surface area contributed by atoms with E-state index < -0.39 is 20.2 Å². The zero-order valence-electron chi connectivity index (χ0n) is 32.9. The molecule has 0 bridgehead atoms. The summed E-state index contributed by atoms with van der Waals surface area (Å²) in [5, 5.41) is 4.75. The number of benzene rings is 4. The number of hydrogen-bond acceptors (Lipinski definition) is 5. The van der Waals surface area contributed by atoms with Gasteiger partial charge < -0.3 is 4.90 Å². The molecule has 0 unspecified atom stereocenters. The van der Waals surface area contributed by atoms with Crippen molar-refractivity contribution in [3.63, 3.8) is 0 Å². The third-order valence-corrected chi connectivity index (χ3v) is 12.1. The summed E-state index contributed by atoms with van der Waals surface area (Å²) < 4.78 is 66.3. The van der Waals surface area contributed by atoms with E-state index in [2.05, 4.69) is 110 Å². The molecular formula is C43H49N2Na2O6S2+3. The van der Waals surface area contributed by atoms with Crippen LogP contribution >= 0.6 is 0 Å². The average Bonchev–Trinajstić information content (AvgIpc) is 3.45. The van der Waals surface area contributed by atoms with Gasteiger partial charge in [-0.3, -0.25) is 9.11 Å². The minimum absolute atomic E-state index is 0. The number of allylic oxidation sites excluding steroid dienone is 8. The van der Waals surface area contributed by atoms with Gasteiger partial charge in [-0.05, 0) is 78.4 Å². The molecule has 278 valence electrons. The molecule has 0 saturated carbocycles. The molecule has 0 aliphatic carbocycles. The molecule has 2 heterocycles. The second kappa shape index (κ2) is 18.5. The van der Waals surface area contributed by atoms with Gasteiger partial charge in [-0.1, -0.05) is 98.8 Å². The first-order valence-corrected chi connectivity index (χ1v) is 21.4. The molecule has 0 aromatic heterocycles. The van der Waals surface area contributed by atoms with Crippen LogP contribution in [0.1, 0.15) is 64.5 Å². The van der Waals surface area contributed by atoms with Gasteiger partial charge in [0.1, 0.15) is 6.54 Å². The van der Waals surface area contributed by atoms with Crippen LogP contribution in [0.15, 0.2) is 121 Å². The third-order valence-electron chi connectivity index (χ3n) is 10.5. The van der Waals surface area contributed by atoms with Crippen molar-refractivity contribution in [3.8, 4) is 0 Å². The van der Waals surface area contributed by atoms with E-state index in [1.807, 2.05) is 42.5 Å². The van der Waals surface area contributed by atoms with Crippen molar-refractivity contribution in [2.24, 2.45) is 0 Å². The standard InChI is InChI=1S/C43H48N2O6S2.2Na/c1-42(2)38(44(28-14-16-30-52(46,47)48)36-26-24-32-18-10-12-20-34(32)40(36)42)22-8-6-5-7-9-23-39-43(3,4)41-35-21-13-11-19-33(35)25-27-37(41)45(39)29-15-17-31-53(49,50)51;;/h5-13,18-27H,14-17,28-31H2,1-4H3,(H-,46,47,48,49,50,51);;/q;2*+1/p+1. The van der Waals surface area contributed by atoms with Crippen molar-refractivity contribution < 1.29 is 89.6 Å². The van der Waals surface area contributed by atoms with E-state index in [4.69, 9.17) is 0 Å². The Labute approximate surface area is 370 Å². The Balaban J connectivity index is 0.00000336. The Hall–Kier alpha value is -2.35. The molecule has 8 nitrogen and oxygen atoms in total. The van der Waals surface area contributed by atoms with Crippen LogP contribution in [0.3, 0.4) is 0 Å². The molecule has 2 N–H and O–H groups in total. The molecule has 12 heteroatoms. The normalized spacial score (nSPS) is 17.1. The second-order valence-electron chi connectivity index (χ2n) is 15.0. The van der Waals surface area contributed by atoms with Crippen molar-refractivity contribution in [2.45, 2.75) is 64.2 Å². The topological polar surface area (TPSA) is 115 Å². The first kappa shape index (κ1) is 45.4. The predicted molar refractivity (Wildman–Crippen MR) is 218 cm³/mol. The third kappa shape index (κ3) is 10.2. The van der Waals surface area contributed by atoms with Crippen LogP contribution in [-0.4, -0.2) is 60.8 Å². The molecule has 0 amide bonds. The van der Waals surface area contributed by atoms with E-state index in [-0.39, 0.29) is 81.5 Å². The van der Waals surface area contributed by atoms with Crippen molar-refractivity contribution in [3.05, 3.63) is 132 Å². The van der Waals surface area contributed by atoms with Crippen LogP contribution in [0.4, 0.5) is 11.4 Å². The van der Waals surface area contributed by atoms with E-state index in [1.165, 1.54) is 32.7 Å². The largest absolute Gasteiger partial charge is 1.00 e.